The SMILES string of the molecule is Cc1ccc(N2C(=O)[C@@H]3[C@@H](N=NN3c3ccc(Cl)cc3)C2=O)cc1F. The van der Waals surface area contributed by atoms with E-state index in [1.807, 2.05) is 0 Å². The highest BCUT2D eigenvalue weighted by Crippen LogP contribution is 2.35. The molecule has 25 heavy (non-hydrogen) atoms. The Bertz CT molecular complexity index is 915. The molecule has 0 saturated carbocycles. The van der Waals surface area contributed by atoms with Crippen LogP contribution < -0.4 is 9.91 Å². The standard InChI is InChI=1S/C17H12ClFN4O2/c1-9-2-5-12(8-13(9)19)22-16(24)14-15(17(22)25)23(21-20-14)11-6-3-10(18)4-7-11/h2-8,14-15H,1H3/t14-,15+/m1/s1. The van der Waals surface area contributed by atoms with Crippen molar-refractivity contribution in [2.24, 2.45) is 10.3 Å². The van der Waals surface area contributed by atoms with Crippen molar-refractivity contribution in [1.29, 1.82) is 0 Å². The molecule has 2 aliphatic rings. The summed E-state index contributed by atoms with van der Waals surface area (Å²) in [5.74, 6) is -1.48. The number of aryl methyl sites for hydroxylation is 1. The van der Waals surface area contributed by atoms with E-state index in [2.05, 4.69) is 10.3 Å². The second kappa shape index (κ2) is 5.63. The highest BCUT2D eigenvalue weighted by atomic mass is 35.5. The molecule has 1 saturated heterocycles. The highest BCUT2D eigenvalue weighted by Gasteiger charge is 2.55. The third kappa shape index (κ3) is 2.39. The molecule has 0 N–H and O–H groups in total. The quantitative estimate of drug-likeness (QED) is 0.774. The molecule has 4 rings (SSSR count). The lowest BCUT2D eigenvalue weighted by Gasteiger charge is -2.20. The number of carbonyl (C=O) groups excluding carboxylic acids is 2. The van der Waals surface area contributed by atoms with E-state index in [4.69, 9.17) is 11.6 Å². The molecule has 2 atom stereocenters. The molecule has 0 bridgehead atoms. The Kier molecular flexibility index (Phi) is 3.54. The average molecular weight is 359 g/mol. The van der Waals surface area contributed by atoms with Crippen molar-refractivity contribution < 1.29 is 14.0 Å². The number of amides is 2. The minimum absolute atomic E-state index is 0.193. The molecule has 0 spiro atoms. The maximum Gasteiger partial charge on any atom is 0.263 e. The van der Waals surface area contributed by atoms with Crippen LogP contribution in [0.25, 0.3) is 0 Å². The molecule has 2 aromatic rings. The normalized spacial score (nSPS) is 22.0. The lowest BCUT2D eigenvalue weighted by Crippen LogP contribution is -2.39. The fourth-order valence-corrected chi connectivity index (χ4v) is 3.07. The van der Waals surface area contributed by atoms with E-state index in [0.29, 0.717) is 16.3 Å². The Hall–Kier alpha value is -2.80. The van der Waals surface area contributed by atoms with Crippen LogP contribution in [0, 0.1) is 12.7 Å². The molecule has 6 nitrogen and oxygen atoms in total. The zero-order chi connectivity index (χ0) is 17.7. The van der Waals surface area contributed by atoms with Gasteiger partial charge in [-0.1, -0.05) is 22.9 Å². The third-order valence-electron chi connectivity index (χ3n) is 4.29. The van der Waals surface area contributed by atoms with E-state index in [0.717, 1.165) is 4.90 Å². The van der Waals surface area contributed by atoms with E-state index in [1.165, 1.54) is 17.1 Å². The maximum atomic E-state index is 13.8. The largest absolute Gasteiger partial charge is 0.271 e. The molecule has 126 valence electrons. The van der Waals surface area contributed by atoms with E-state index in [9.17, 15) is 14.0 Å². The van der Waals surface area contributed by atoms with E-state index < -0.39 is 29.7 Å². The molecule has 0 radical (unpaired) electrons. The zero-order valence-corrected chi connectivity index (χ0v) is 13.8. The van der Waals surface area contributed by atoms with Crippen LogP contribution in [0.5, 0.6) is 0 Å². The number of imide groups is 1. The number of carbonyl (C=O) groups is 2. The van der Waals surface area contributed by atoms with Crippen molar-refractivity contribution in [2.45, 2.75) is 19.0 Å². The maximum absolute atomic E-state index is 13.8. The molecule has 2 aliphatic heterocycles. The van der Waals surface area contributed by atoms with Crippen molar-refractivity contribution in [1.82, 2.24) is 0 Å². The summed E-state index contributed by atoms with van der Waals surface area (Å²) in [4.78, 5) is 26.4. The molecule has 2 amide bonds. The van der Waals surface area contributed by atoms with Gasteiger partial charge in [0.1, 0.15) is 5.82 Å². The second-order valence-corrected chi connectivity index (χ2v) is 6.30. The van der Waals surface area contributed by atoms with Gasteiger partial charge in [-0.15, -0.1) is 0 Å². The van der Waals surface area contributed by atoms with Crippen LogP contribution in [0.15, 0.2) is 52.8 Å². The van der Waals surface area contributed by atoms with Crippen molar-refractivity contribution in [3.63, 3.8) is 0 Å². The second-order valence-electron chi connectivity index (χ2n) is 5.86. The molecular weight excluding hydrogens is 347 g/mol. The molecule has 1 fully saturated rings. The predicted molar refractivity (Wildman–Crippen MR) is 90.0 cm³/mol. The Balaban J connectivity index is 1.70. The first-order valence-electron chi connectivity index (χ1n) is 7.57. The predicted octanol–water partition coefficient (Wildman–Crippen LogP) is 3.29. The summed E-state index contributed by atoms with van der Waals surface area (Å²) in [5.41, 5.74) is 1.23. The number of rotatable bonds is 2. The smallest absolute Gasteiger partial charge is 0.263 e. The van der Waals surface area contributed by atoms with Gasteiger partial charge in [0.25, 0.3) is 11.8 Å². The molecule has 2 aromatic carbocycles. The summed E-state index contributed by atoms with van der Waals surface area (Å²) in [6, 6.07) is 9.13. The number of nitrogens with zero attached hydrogens (tertiary/aromatic N) is 4. The van der Waals surface area contributed by atoms with Crippen LogP contribution in [-0.4, -0.2) is 23.9 Å². The van der Waals surface area contributed by atoms with Gasteiger partial charge >= 0.3 is 0 Å². The van der Waals surface area contributed by atoms with Gasteiger partial charge in [0, 0.05) is 5.02 Å². The Morgan fingerprint density at radius 3 is 2.40 bits per heavy atom. The van der Waals surface area contributed by atoms with Crippen molar-refractivity contribution in [3.05, 3.63) is 58.9 Å². The molecule has 2 heterocycles. The monoisotopic (exact) mass is 358 g/mol. The first kappa shape index (κ1) is 15.7. The lowest BCUT2D eigenvalue weighted by atomic mass is 10.1. The van der Waals surface area contributed by atoms with E-state index >= 15 is 0 Å². The van der Waals surface area contributed by atoms with Gasteiger partial charge in [-0.25, -0.2) is 14.3 Å². The van der Waals surface area contributed by atoms with Gasteiger partial charge in [0.15, 0.2) is 12.1 Å². The topological polar surface area (TPSA) is 65.3 Å². The summed E-state index contributed by atoms with van der Waals surface area (Å²) in [5, 5.41) is 9.83. The number of fused-ring (bicyclic) bond motifs is 1. The molecule has 0 aliphatic carbocycles. The van der Waals surface area contributed by atoms with Gasteiger partial charge in [-0.3, -0.25) is 9.59 Å². The van der Waals surface area contributed by atoms with Crippen LogP contribution >= 0.6 is 11.6 Å². The Morgan fingerprint density at radius 2 is 1.72 bits per heavy atom. The van der Waals surface area contributed by atoms with Crippen LogP contribution in [0.3, 0.4) is 0 Å². The molecule has 0 unspecified atom stereocenters. The fourth-order valence-electron chi connectivity index (χ4n) is 2.94. The zero-order valence-electron chi connectivity index (χ0n) is 13.1. The number of halogens is 2. The summed E-state index contributed by atoms with van der Waals surface area (Å²) < 4.78 is 13.8. The molecule has 8 heteroatoms. The number of anilines is 2. The molecular formula is C17H12ClFN4O2. The van der Waals surface area contributed by atoms with Gasteiger partial charge in [0.2, 0.25) is 0 Å². The summed E-state index contributed by atoms with van der Waals surface area (Å²) >= 11 is 5.87. The van der Waals surface area contributed by atoms with Crippen LogP contribution in [0.1, 0.15) is 5.56 Å². The molecule has 0 aromatic heterocycles. The Morgan fingerprint density at radius 1 is 1.04 bits per heavy atom. The minimum atomic E-state index is -0.937. The van der Waals surface area contributed by atoms with Crippen LogP contribution in [0.4, 0.5) is 15.8 Å². The van der Waals surface area contributed by atoms with Crippen molar-refractivity contribution >= 4 is 34.8 Å². The first-order valence-corrected chi connectivity index (χ1v) is 7.95. The van der Waals surface area contributed by atoms with E-state index in [-0.39, 0.29) is 5.69 Å². The summed E-state index contributed by atoms with van der Waals surface area (Å²) in [6.45, 7) is 1.61. The van der Waals surface area contributed by atoms with Gasteiger partial charge in [-0.05, 0) is 48.9 Å². The summed E-state index contributed by atoms with van der Waals surface area (Å²) in [6.07, 6.45) is 0. The summed E-state index contributed by atoms with van der Waals surface area (Å²) in [7, 11) is 0. The number of hydrogen-bond donors (Lipinski definition) is 0. The highest BCUT2D eigenvalue weighted by molar-refractivity contribution is 6.30. The van der Waals surface area contributed by atoms with Gasteiger partial charge < -0.3 is 0 Å². The van der Waals surface area contributed by atoms with Gasteiger partial charge in [0.05, 0.1) is 11.4 Å². The van der Waals surface area contributed by atoms with Crippen molar-refractivity contribution in [3.8, 4) is 0 Å². The lowest BCUT2D eigenvalue weighted by molar-refractivity contribution is -0.121. The first-order chi connectivity index (χ1) is 12.0. The fraction of sp³-hybridized carbons (Fsp3) is 0.176. The van der Waals surface area contributed by atoms with E-state index in [1.54, 1.807) is 37.3 Å². The van der Waals surface area contributed by atoms with Gasteiger partial charge in [-0.2, -0.15) is 5.11 Å². The average Bonchev–Trinajstić information content (AvgIpc) is 3.12. The van der Waals surface area contributed by atoms with Crippen molar-refractivity contribution in [2.75, 3.05) is 9.91 Å². The third-order valence-corrected chi connectivity index (χ3v) is 4.54. The van der Waals surface area contributed by atoms with Crippen LogP contribution in [0.2, 0.25) is 5.02 Å². The number of benzene rings is 2. The minimum Gasteiger partial charge on any atom is -0.271 e. The van der Waals surface area contributed by atoms with Crippen LogP contribution in [-0.2, 0) is 9.59 Å². The Labute approximate surface area is 147 Å². The number of hydrogen-bond acceptors (Lipinski definition) is 5.